The van der Waals surface area contributed by atoms with Crippen molar-refractivity contribution in [3.63, 3.8) is 0 Å². The summed E-state index contributed by atoms with van der Waals surface area (Å²) in [4.78, 5) is 37.1. The number of aryl methyl sites for hydroxylation is 2. The number of carbonyl (C=O) groups excluding carboxylic acids is 1. The van der Waals surface area contributed by atoms with E-state index in [9.17, 15) is 9.18 Å². The molecule has 4 aliphatic rings. The van der Waals surface area contributed by atoms with Crippen LogP contribution in [0.4, 0.5) is 4.39 Å². The second-order valence-electron chi connectivity index (χ2n) is 18.1. The Morgan fingerprint density at radius 2 is 1.28 bits per heavy atom. The van der Waals surface area contributed by atoms with Crippen LogP contribution in [0.15, 0.2) is 30.3 Å². The summed E-state index contributed by atoms with van der Waals surface area (Å²) in [6.07, 6.45) is 0. The van der Waals surface area contributed by atoms with E-state index in [0.717, 1.165) is 105 Å². The molecule has 53 heavy (non-hydrogen) atoms. The first-order valence-electron chi connectivity index (χ1n) is 18.4. The number of H-pyrrole nitrogens is 2. The molecule has 4 fully saturated rings. The third kappa shape index (κ3) is 10.5. The van der Waals surface area contributed by atoms with E-state index in [1.54, 1.807) is 0 Å². The van der Waals surface area contributed by atoms with Crippen LogP contribution in [0.1, 0.15) is 64.3 Å². The number of carbonyl (C=O) groups is 1. The number of amides is 1. The van der Waals surface area contributed by atoms with Gasteiger partial charge in [0.15, 0.2) is 0 Å². The zero-order valence-electron chi connectivity index (χ0n) is 32.7. The standard InChI is InChI=1S/C20H28FN5O.C15H20N4O.C4H10N.W/c1-13-5-14(21)6-15-18(13)23-16(22-15)7-25-9-20(10-25)11-26(12-20)8-17(27)24-19(2,3)4;1-11-3-2-4-12-14(11)17-13(16-12)5-18-6-15(7-18)8-19(9-15)10-20;1-4(2,3)5;/h5-6H,7-12H2,1-4H3,(H,22,23)(H,24,27);2-4,20H,5-10H2,1H3,(H,16,17);5H,1-3H3;/q;;-1;. The molecule has 6 heterocycles. The number of hydrogen-bond acceptors (Lipinski definition) is 8. The van der Waals surface area contributed by atoms with Crippen molar-refractivity contribution in [2.24, 2.45) is 10.8 Å². The van der Waals surface area contributed by atoms with Gasteiger partial charge < -0.3 is 26.1 Å². The van der Waals surface area contributed by atoms with Crippen LogP contribution in [-0.4, -0.2) is 127 Å². The van der Waals surface area contributed by atoms with E-state index in [0.29, 0.717) is 17.4 Å². The van der Waals surface area contributed by atoms with Crippen LogP contribution in [0.5, 0.6) is 0 Å². The van der Waals surface area contributed by atoms with Crippen molar-refractivity contribution in [1.82, 2.24) is 44.9 Å². The van der Waals surface area contributed by atoms with Crippen LogP contribution in [0.25, 0.3) is 27.8 Å². The molecule has 0 radical (unpaired) electrons. The normalized spacial score (nSPS) is 19.6. The summed E-state index contributed by atoms with van der Waals surface area (Å²) in [5.41, 5.74) is 13.2. The molecule has 8 rings (SSSR count). The molecule has 0 bridgehead atoms. The number of aliphatic hydroxyl groups is 1. The second-order valence-corrected chi connectivity index (χ2v) is 18.1. The van der Waals surface area contributed by atoms with Crippen molar-refractivity contribution >= 4 is 28.0 Å². The van der Waals surface area contributed by atoms with E-state index in [1.165, 1.54) is 17.7 Å². The van der Waals surface area contributed by atoms with Gasteiger partial charge in [0.1, 0.15) is 17.5 Å². The molecule has 12 nitrogen and oxygen atoms in total. The Labute approximate surface area is 327 Å². The average molecular weight is 902 g/mol. The zero-order chi connectivity index (χ0) is 37.6. The van der Waals surface area contributed by atoms with Crippen molar-refractivity contribution in [2.75, 3.05) is 65.6 Å². The third-order valence-corrected chi connectivity index (χ3v) is 9.85. The van der Waals surface area contributed by atoms with Crippen molar-refractivity contribution in [3.05, 3.63) is 64.7 Å². The van der Waals surface area contributed by atoms with Crippen molar-refractivity contribution in [1.29, 1.82) is 0 Å². The van der Waals surface area contributed by atoms with Gasteiger partial charge in [-0.1, -0.05) is 32.9 Å². The number of aliphatic hydroxyl groups excluding tert-OH is 1. The fourth-order valence-corrected chi connectivity index (χ4v) is 8.20. The van der Waals surface area contributed by atoms with E-state index in [1.807, 2.05) is 48.5 Å². The van der Waals surface area contributed by atoms with Gasteiger partial charge in [0, 0.05) is 89.8 Å². The second kappa shape index (κ2) is 15.8. The van der Waals surface area contributed by atoms with Crippen LogP contribution < -0.4 is 5.32 Å². The Morgan fingerprint density at radius 3 is 1.77 bits per heavy atom. The summed E-state index contributed by atoms with van der Waals surface area (Å²) in [5.74, 6) is 1.80. The number of benzene rings is 2. The number of para-hydroxylation sites is 1. The Kier molecular flexibility index (Phi) is 12.3. The van der Waals surface area contributed by atoms with Gasteiger partial charge in [-0.3, -0.25) is 24.4 Å². The van der Waals surface area contributed by atoms with E-state index in [-0.39, 0.29) is 50.6 Å². The van der Waals surface area contributed by atoms with Crippen molar-refractivity contribution < 1.29 is 35.4 Å². The molecule has 0 aliphatic carbocycles. The molecule has 0 atom stereocenters. The first kappa shape index (κ1) is 41.4. The van der Waals surface area contributed by atoms with E-state index >= 15 is 0 Å². The van der Waals surface area contributed by atoms with Gasteiger partial charge in [-0.15, -0.1) is 5.54 Å². The Balaban J connectivity index is 0.000000184. The number of aromatic amines is 2. The van der Waals surface area contributed by atoms with Gasteiger partial charge >= 0.3 is 0 Å². The molecular weight excluding hydrogens is 843 g/mol. The van der Waals surface area contributed by atoms with Crippen LogP contribution >= 0.6 is 0 Å². The summed E-state index contributed by atoms with van der Waals surface area (Å²) in [5, 5.41) is 12.1. The molecule has 4 aliphatic heterocycles. The van der Waals surface area contributed by atoms with Gasteiger partial charge in [0.05, 0.1) is 48.4 Å². The maximum atomic E-state index is 13.5. The number of halogens is 1. The summed E-state index contributed by atoms with van der Waals surface area (Å²) >= 11 is 0. The average Bonchev–Trinajstić information content (AvgIpc) is 3.54. The molecule has 290 valence electrons. The molecule has 0 unspecified atom stereocenters. The van der Waals surface area contributed by atoms with Crippen molar-refractivity contribution in [3.8, 4) is 0 Å². The number of aromatic nitrogens is 4. The summed E-state index contributed by atoms with van der Waals surface area (Å²) < 4.78 is 13.5. The zero-order valence-corrected chi connectivity index (χ0v) is 35.6. The Bertz CT molecular complexity index is 1860. The first-order valence-corrected chi connectivity index (χ1v) is 18.4. The smallest absolute Gasteiger partial charge is 0.234 e. The van der Waals surface area contributed by atoms with Crippen LogP contribution in [0.2, 0.25) is 0 Å². The molecule has 14 heteroatoms. The first-order chi connectivity index (χ1) is 24.3. The van der Waals surface area contributed by atoms with Crippen molar-refractivity contribution in [2.45, 2.75) is 79.6 Å². The minimum atomic E-state index is -0.250. The number of fused-ring (bicyclic) bond motifs is 2. The van der Waals surface area contributed by atoms with Gasteiger partial charge in [-0.05, 0) is 63.9 Å². The molecule has 4 aromatic rings. The largest absolute Gasteiger partial charge is 0.673 e. The fourth-order valence-electron chi connectivity index (χ4n) is 8.20. The molecule has 2 aromatic heterocycles. The predicted octanol–water partition coefficient (Wildman–Crippen LogP) is 4.82. The fraction of sp³-hybridized carbons (Fsp3) is 0.615. The summed E-state index contributed by atoms with van der Waals surface area (Å²) in [7, 11) is 0. The summed E-state index contributed by atoms with van der Waals surface area (Å²) in [6.45, 7) is 26.2. The Morgan fingerprint density at radius 1 is 0.811 bits per heavy atom. The molecule has 2 spiro atoms. The van der Waals surface area contributed by atoms with E-state index in [4.69, 9.17) is 15.8 Å². The minimum Gasteiger partial charge on any atom is -0.673 e. The molecule has 0 saturated carbocycles. The number of imidazole rings is 2. The number of likely N-dealkylation sites (tertiary alicyclic amines) is 4. The van der Waals surface area contributed by atoms with Crippen LogP contribution in [-0.2, 0) is 38.9 Å². The molecule has 1 amide bonds. The third-order valence-electron chi connectivity index (χ3n) is 9.85. The van der Waals surface area contributed by atoms with Gasteiger partial charge in [-0.2, -0.15) is 0 Å². The monoisotopic (exact) mass is 901 g/mol. The molecule has 2 aromatic carbocycles. The van der Waals surface area contributed by atoms with Gasteiger partial charge in [0.25, 0.3) is 0 Å². The predicted molar refractivity (Wildman–Crippen MR) is 204 cm³/mol. The minimum absolute atomic E-state index is 0. The number of hydrogen-bond donors (Lipinski definition) is 4. The van der Waals surface area contributed by atoms with E-state index < -0.39 is 0 Å². The number of nitrogens with zero attached hydrogens (tertiary/aromatic N) is 6. The molecular formula is C39H58FN10O2W-. The SMILES string of the molecule is CC(C)(C)[NH-].Cc1cc(F)cc2[nH]c(CN3CC4(CN(CC(=O)NC(C)(C)C)C4)C3)nc12.Cc1cccc2[nH]c(CN3CC4(CN(CO)C4)C3)nc12.[W]. The van der Waals surface area contributed by atoms with Crippen LogP contribution in [0, 0.1) is 30.5 Å². The topological polar surface area (TPSA) is 143 Å². The van der Waals surface area contributed by atoms with Gasteiger partial charge in [0.2, 0.25) is 5.91 Å². The number of rotatable bonds is 7. The quantitative estimate of drug-likeness (QED) is 0.207. The summed E-state index contributed by atoms with van der Waals surface area (Å²) in [6, 6.07) is 9.27. The van der Waals surface area contributed by atoms with Crippen LogP contribution in [0.3, 0.4) is 0 Å². The number of nitrogens with one attached hydrogen (secondary N) is 4. The Hall–Kier alpha value is -2.77. The molecule has 5 N–H and O–H groups in total. The van der Waals surface area contributed by atoms with Gasteiger partial charge in [-0.25, -0.2) is 14.4 Å². The van der Waals surface area contributed by atoms with E-state index in [2.05, 4.69) is 65.0 Å². The molecule has 4 saturated heterocycles. The maximum Gasteiger partial charge on any atom is 0.234 e. The maximum absolute atomic E-state index is 13.5.